The number of hydrogen-bond donors (Lipinski definition) is 1. The Labute approximate surface area is 148 Å². The van der Waals surface area contributed by atoms with Gasteiger partial charge in [0, 0.05) is 37.7 Å². The van der Waals surface area contributed by atoms with Gasteiger partial charge in [0.15, 0.2) is 0 Å². The highest BCUT2D eigenvalue weighted by molar-refractivity contribution is 7.13. The van der Waals surface area contributed by atoms with Crippen molar-refractivity contribution in [3.8, 4) is 0 Å². The van der Waals surface area contributed by atoms with Gasteiger partial charge in [0.25, 0.3) is 5.91 Å². The molecule has 2 aliphatic rings. The van der Waals surface area contributed by atoms with Crippen LogP contribution in [-0.4, -0.2) is 54.7 Å². The number of likely N-dealkylation sites (tertiary alicyclic amines) is 1. The highest BCUT2D eigenvalue weighted by Gasteiger charge is 2.26. The van der Waals surface area contributed by atoms with E-state index in [1.54, 1.807) is 6.20 Å². The van der Waals surface area contributed by atoms with Gasteiger partial charge in [-0.05, 0) is 25.2 Å². The van der Waals surface area contributed by atoms with Gasteiger partial charge in [0.2, 0.25) is 0 Å². The summed E-state index contributed by atoms with van der Waals surface area (Å²) in [5.41, 5.74) is -0.00150. The topological polar surface area (TPSA) is 54.5 Å². The number of hydrogen-bond acceptors (Lipinski definition) is 5. The van der Waals surface area contributed by atoms with E-state index in [1.807, 2.05) is 0 Å². The number of carbonyl (C=O) groups is 1. The second kappa shape index (κ2) is 7.50. The van der Waals surface area contributed by atoms with E-state index in [1.165, 1.54) is 17.8 Å². The van der Waals surface area contributed by atoms with Crippen molar-refractivity contribution in [1.82, 2.24) is 15.2 Å². The lowest BCUT2D eigenvalue weighted by molar-refractivity contribution is 0.0907. The minimum atomic E-state index is -0.00150. The van der Waals surface area contributed by atoms with Gasteiger partial charge in [-0.25, -0.2) is 4.98 Å². The SMILES string of the molecule is CC(C)(C)c1ncc(C(=O)NC2CCN(CC3CCOC3)CC2)s1. The predicted molar refractivity (Wildman–Crippen MR) is 96.7 cm³/mol. The third kappa shape index (κ3) is 4.55. The molecular formula is C18H29N3O2S. The van der Waals surface area contributed by atoms with Crippen molar-refractivity contribution in [3.63, 3.8) is 0 Å². The molecule has 0 bridgehead atoms. The summed E-state index contributed by atoms with van der Waals surface area (Å²) in [6.45, 7) is 11.5. The molecule has 2 fully saturated rings. The molecule has 5 nitrogen and oxygen atoms in total. The smallest absolute Gasteiger partial charge is 0.263 e. The maximum Gasteiger partial charge on any atom is 0.263 e. The summed E-state index contributed by atoms with van der Waals surface area (Å²) >= 11 is 1.51. The molecule has 3 rings (SSSR count). The fourth-order valence-corrected chi connectivity index (χ4v) is 4.21. The molecule has 24 heavy (non-hydrogen) atoms. The zero-order valence-electron chi connectivity index (χ0n) is 15.0. The van der Waals surface area contributed by atoms with Crippen molar-refractivity contribution >= 4 is 17.2 Å². The largest absolute Gasteiger partial charge is 0.381 e. The fourth-order valence-electron chi connectivity index (χ4n) is 3.33. The van der Waals surface area contributed by atoms with Gasteiger partial charge in [0.1, 0.15) is 4.88 Å². The number of piperidine rings is 1. The van der Waals surface area contributed by atoms with Crippen molar-refractivity contribution in [3.05, 3.63) is 16.1 Å². The van der Waals surface area contributed by atoms with Crippen molar-refractivity contribution in [2.75, 3.05) is 32.8 Å². The van der Waals surface area contributed by atoms with Crippen LogP contribution in [0.2, 0.25) is 0 Å². The van der Waals surface area contributed by atoms with Gasteiger partial charge >= 0.3 is 0 Å². The van der Waals surface area contributed by atoms with Crippen LogP contribution in [0.15, 0.2) is 6.20 Å². The van der Waals surface area contributed by atoms with Crippen LogP contribution < -0.4 is 5.32 Å². The lowest BCUT2D eigenvalue weighted by atomic mass is 9.98. The van der Waals surface area contributed by atoms with Crippen molar-refractivity contribution < 1.29 is 9.53 Å². The van der Waals surface area contributed by atoms with Crippen LogP contribution in [0.5, 0.6) is 0 Å². The Morgan fingerprint density at radius 2 is 2.12 bits per heavy atom. The Bertz CT molecular complexity index is 553. The summed E-state index contributed by atoms with van der Waals surface area (Å²) in [5, 5.41) is 4.21. The van der Waals surface area contributed by atoms with E-state index in [9.17, 15) is 4.79 Å². The number of carbonyl (C=O) groups excluding carboxylic acids is 1. The Kier molecular flexibility index (Phi) is 5.57. The molecule has 2 saturated heterocycles. The minimum absolute atomic E-state index is 0.00150. The zero-order valence-corrected chi connectivity index (χ0v) is 15.8. The highest BCUT2D eigenvalue weighted by atomic mass is 32.1. The lowest BCUT2D eigenvalue weighted by Gasteiger charge is -2.33. The molecule has 0 radical (unpaired) electrons. The van der Waals surface area contributed by atoms with Gasteiger partial charge in [-0.1, -0.05) is 20.8 Å². The molecule has 134 valence electrons. The summed E-state index contributed by atoms with van der Waals surface area (Å²) in [4.78, 5) is 20.1. The van der Waals surface area contributed by atoms with E-state index >= 15 is 0 Å². The molecule has 1 atom stereocenters. The monoisotopic (exact) mass is 351 g/mol. The number of amides is 1. The zero-order chi connectivity index (χ0) is 17.2. The van der Waals surface area contributed by atoms with E-state index < -0.39 is 0 Å². The second-order valence-electron chi connectivity index (χ2n) is 8.06. The van der Waals surface area contributed by atoms with E-state index in [2.05, 4.69) is 36.0 Å². The predicted octanol–water partition coefficient (Wildman–Crippen LogP) is 2.67. The van der Waals surface area contributed by atoms with Crippen LogP contribution in [0.25, 0.3) is 0 Å². The maximum absolute atomic E-state index is 12.4. The van der Waals surface area contributed by atoms with E-state index in [0.29, 0.717) is 5.92 Å². The standard InChI is InChI=1S/C18H29N3O2S/c1-18(2,3)17-19-10-15(24-17)16(22)20-14-4-7-21(8-5-14)11-13-6-9-23-12-13/h10,13-14H,4-9,11-12H2,1-3H3,(H,20,22). The van der Waals surface area contributed by atoms with Gasteiger partial charge in [-0.15, -0.1) is 11.3 Å². The quantitative estimate of drug-likeness (QED) is 0.906. The Morgan fingerprint density at radius 1 is 1.38 bits per heavy atom. The van der Waals surface area contributed by atoms with Crippen LogP contribution in [0, 0.1) is 5.92 Å². The summed E-state index contributed by atoms with van der Waals surface area (Å²) < 4.78 is 5.46. The number of nitrogens with zero attached hydrogens (tertiary/aromatic N) is 2. The first-order valence-electron chi connectivity index (χ1n) is 8.99. The molecule has 1 N–H and O–H groups in total. The van der Waals surface area contributed by atoms with Crippen molar-refractivity contribution in [2.24, 2.45) is 5.92 Å². The molecular weight excluding hydrogens is 322 g/mol. The van der Waals surface area contributed by atoms with Crippen LogP contribution in [0.3, 0.4) is 0 Å². The Morgan fingerprint density at radius 3 is 2.71 bits per heavy atom. The molecule has 1 aromatic heterocycles. The molecule has 2 aliphatic heterocycles. The molecule has 1 amide bonds. The summed E-state index contributed by atoms with van der Waals surface area (Å²) in [5.74, 6) is 0.731. The lowest BCUT2D eigenvalue weighted by Crippen LogP contribution is -2.45. The highest BCUT2D eigenvalue weighted by Crippen LogP contribution is 2.27. The van der Waals surface area contributed by atoms with Gasteiger partial charge in [-0.3, -0.25) is 4.79 Å². The second-order valence-corrected chi connectivity index (χ2v) is 9.09. The molecule has 3 heterocycles. The Hall–Kier alpha value is -0.980. The Balaban J connectivity index is 1.45. The fraction of sp³-hybridized carbons (Fsp3) is 0.778. The van der Waals surface area contributed by atoms with Gasteiger partial charge in [0.05, 0.1) is 17.8 Å². The van der Waals surface area contributed by atoms with Gasteiger partial charge < -0.3 is 15.0 Å². The minimum Gasteiger partial charge on any atom is -0.381 e. The molecule has 0 aliphatic carbocycles. The van der Waals surface area contributed by atoms with Crippen LogP contribution in [0.1, 0.15) is 54.7 Å². The molecule has 0 saturated carbocycles. The maximum atomic E-state index is 12.4. The summed E-state index contributed by atoms with van der Waals surface area (Å²) in [7, 11) is 0. The van der Waals surface area contributed by atoms with Crippen molar-refractivity contribution in [1.29, 1.82) is 0 Å². The normalized spacial score (nSPS) is 23.5. The summed E-state index contributed by atoms with van der Waals surface area (Å²) in [6.07, 6.45) is 4.97. The van der Waals surface area contributed by atoms with E-state index in [4.69, 9.17) is 4.74 Å². The van der Waals surface area contributed by atoms with E-state index in [-0.39, 0.29) is 17.4 Å². The first kappa shape index (κ1) is 17.8. The molecule has 6 heteroatoms. The average molecular weight is 352 g/mol. The first-order chi connectivity index (χ1) is 11.4. The van der Waals surface area contributed by atoms with Crippen LogP contribution in [-0.2, 0) is 10.2 Å². The molecule has 1 aromatic rings. The third-order valence-electron chi connectivity index (χ3n) is 4.83. The van der Waals surface area contributed by atoms with E-state index in [0.717, 1.165) is 55.6 Å². The van der Waals surface area contributed by atoms with Gasteiger partial charge in [-0.2, -0.15) is 0 Å². The number of aromatic nitrogens is 1. The number of thiazole rings is 1. The number of rotatable bonds is 4. The van der Waals surface area contributed by atoms with Crippen molar-refractivity contribution in [2.45, 2.75) is 51.5 Å². The summed E-state index contributed by atoms with van der Waals surface area (Å²) in [6, 6.07) is 0.286. The van der Waals surface area contributed by atoms with Crippen LogP contribution >= 0.6 is 11.3 Å². The third-order valence-corrected chi connectivity index (χ3v) is 6.26. The molecule has 0 aromatic carbocycles. The number of nitrogens with one attached hydrogen (secondary N) is 1. The first-order valence-corrected chi connectivity index (χ1v) is 9.81. The van der Waals surface area contributed by atoms with Crippen LogP contribution in [0.4, 0.5) is 0 Å². The number of ether oxygens (including phenoxy) is 1. The molecule has 0 spiro atoms. The average Bonchev–Trinajstić information content (AvgIpc) is 3.19. The molecule has 1 unspecified atom stereocenters.